The molecular formula is C34H37ClN2O3. The van der Waals surface area contributed by atoms with Gasteiger partial charge in [0.25, 0.3) is 5.91 Å². The summed E-state index contributed by atoms with van der Waals surface area (Å²) in [6.07, 6.45) is 2.46. The van der Waals surface area contributed by atoms with Crippen LogP contribution in [0.1, 0.15) is 83.9 Å². The maximum atomic E-state index is 13.3. The second-order valence-corrected chi connectivity index (χ2v) is 11.8. The molecule has 1 amide bonds. The lowest BCUT2D eigenvalue weighted by atomic mass is 9.98. The summed E-state index contributed by atoms with van der Waals surface area (Å²) in [6.45, 7) is 11.2. The molecule has 0 saturated heterocycles. The highest BCUT2D eigenvalue weighted by molar-refractivity contribution is 6.32. The first kappa shape index (κ1) is 28.0. The minimum absolute atomic E-state index is 0.0889. The Bertz CT molecular complexity index is 1570. The Kier molecular flexibility index (Phi) is 8.04. The molecule has 40 heavy (non-hydrogen) atoms. The van der Waals surface area contributed by atoms with E-state index in [0.717, 1.165) is 52.4 Å². The van der Waals surface area contributed by atoms with E-state index in [9.17, 15) is 9.59 Å². The van der Waals surface area contributed by atoms with Crippen molar-refractivity contribution in [2.75, 3.05) is 0 Å². The minimum Gasteiger partial charge on any atom is -0.481 e. The molecule has 0 radical (unpaired) electrons. The van der Waals surface area contributed by atoms with E-state index < -0.39 is 6.10 Å². The summed E-state index contributed by atoms with van der Waals surface area (Å²) >= 11 is 6.41. The second-order valence-electron chi connectivity index (χ2n) is 11.4. The fourth-order valence-electron chi connectivity index (χ4n) is 5.27. The van der Waals surface area contributed by atoms with Crippen molar-refractivity contribution < 1.29 is 14.3 Å². The van der Waals surface area contributed by atoms with Gasteiger partial charge in [-0.15, -0.1) is 0 Å². The van der Waals surface area contributed by atoms with Gasteiger partial charge in [-0.3, -0.25) is 9.59 Å². The lowest BCUT2D eigenvalue weighted by Crippen LogP contribution is -2.26. The van der Waals surface area contributed by atoms with Crippen LogP contribution in [0.2, 0.25) is 5.02 Å². The van der Waals surface area contributed by atoms with Crippen LogP contribution >= 0.6 is 11.6 Å². The van der Waals surface area contributed by atoms with Gasteiger partial charge >= 0.3 is 0 Å². The van der Waals surface area contributed by atoms with Crippen molar-refractivity contribution in [3.63, 3.8) is 0 Å². The number of nitrogens with zero attached hydrogens (tertiary/aromatic N) is 1. The summed E-state index contributed by atoms with van der Waals surface area (Å²) in [4.78, 5) is 24.8. The molecule has 1 fully saturated rings. The van der Waals surface area contributed by atoms with Gasteiger partial charge in [0.2, 0.25) is 0 Å². The summed E-state index contributed by atoms with van der Waals surface area (Å²) in [7, 11) is 0. The monoisotopic (exact) mass is 556 g/mol. The third-order valence-corrected chi connectivity index (χ3v) is 8.46. The van der Waals surface area contributed by atoms with Gasteiger partial charge in [0.05, 0.1) is 11.1 Å². The van der Waals surface area contributed by atoms with Crippen LogP contribution in [0.4, 0.5) is 0 Å². The predicted molar refractivity (Wildman–Crippen MR) is 162 cm³/mol. The maximum Gasteiger partial charge on any atom is 0.251 e. The third kappa shape index (κ3) is 5.80. The summed E-state index contributed by atoms with van der Waals surface area (Å²) in [6, 6.07) is 20.0. The Morgan fingerprint density at radius 2 is 1.80 bits per heavy atom. The van der Waals surface area contributed by atoms with Gasteiger partial charge in [0.15, 0.2) is 12.4 Å². The van der Waals surface area contributed by atoms with Crippen LogP contribution in [0, 0.1) is 19.8 Å². The molecule has 1 aliphatic rings. The molecule has 5 nitrogen and oxygen atoms in total. The number of aromatic nitrogens is 1. The van der Waals surface area contributed by atoms with Gasteiger partial charge in [0.1, 0.15) is 5.75 Å². The van der Waals surface area contributed by atoms with Gasteiger partial charge in [-0.25, -0.2) is 0 Å². The molecule has 0 spiro atoms. The lowest BCUT2D eigenvalue weighted by molar-refractivity contribution is -0.114. The van der Waals surface area contributed by atoms with Crippen molar-refractivity contribution in [3.05, 3.63) is 99.2 Å². The van der Waals surface area contributed by atoms with E-state index in [4.69, 9.17) is 16.3 Å². The number of hydrogen-bond acceptors (Lipinski definition) is 3. The summed E-state index contributed by atoms with van der Waals surface area (Å²) < 4.78 is 8.24. The average molecular weight is 557 g/mol. The van der Waals surface area contributed by atoms with Crippen molar-refractivity contribution in [2.45, 2.75) is 72.1 Å². The number of amides is 1. The lowest BCUT2D eigenvalue weighted by Gasteiger charge is -2.17. The molecule has 1 aliphatic carbocycles. The van der Waals surface area contributed by atoms with Crippen molar-refractivity contribution >= 4 is 34.7 Å². The van der Waals surface area contributed by atoms with Crippen LogP contribution in [-0.2, 0) is 11.3 Å². The number of fused-ring (bicyclic) bond motifs is 1. The number of aldehydes is 1. The first-order chi connectivity index (χ1) is 19.2. The van der Waals surface area contributed by atoms with Crippen LogP contribution in [0.5, 0.6) is 5.75 Å². The zero-order valence-corrected chi connectivity index (χ0v) is 24.6. The quantitative estimate of drug-likeness (QED) is 0.202. The summed E-state index contributed by atoms with van der Waals surface area (Å²) in [5, 5.41) is 4.73. The highest BCUT2D eigenvalue weighted by Gasteiger charge is 2.33. The van der Waals surface area contributed by atoms with Crippen LogP contribution in [-0.4, -0.2) is 22.9 Å². The third-order valence-electron chi connectivity index (χ3n) is 8.15. The number of hydrogen-bond donors (Lipinski definition) is 1. The van der Waals surface area contributed by atoms with Gasteiger partial charge in [-0.1, -0.05) is 55.8 Å². The van der Waals surface area contributed by atoms with Crippen molar-refractivity contribution in [1.29, 1.82) is 0 Å². The Morgan fingerprint density at radius 1 is 1.05 bits per heavy atom. The molecule has 1 N–H and O–H groups in total. The van der Waals surface area contributed by atoms with Crippen LogP contribution in [0.15, 0.2) is 60.7 Å². The molecule has 3 aromatic carbocycles. The number of benzene rings is 3. The first-order valence-electron chi connectivity index (χ1n) is 14.1. The number of ether oxygens (including phenoxy) is 1. The number of halogens is 1. The molecule has 0 bridgehead atoms. The van der Waals surface area contributed by atoms with E-state index in [-0.39, 0.29) is 17.9 Å². The Morgan fingerprint density at radius 3 is 2.50 bits per heavy atom. The Hall–Kier alpha value is -3.57. The zero-order chi connectivity index (χ0) is 28.6. The summed E-state index contributed by atoms with van der Waals surface area (Å²) in [5.74, 6) is 1.17. The van der Waals surface area contributed by atoms with Crippen molar-refractivity contribution in [3.8, 4) is 5.75 Å². The highest BCUT2D eigenvalue weighted by atomic mass is 35.5. The van der Waals surface area contributed by atoms with Crippen LogP contribution in [0.25, 0.3) is 10.9 Å². The number of carbonyl (C=O) groups is 2. The standard InChI is InChI=1S/C34H37ClN2O3/c1-20(2)26-7-6-8-27(16-26)22(4)36-34(39)28-12-14-31-29(17-28)21(3)23(5)37(31)18-24-9-13-30(35)32(15-24)40-33(19-38)25-10-11-25/h6-9,12-17,19-20,22,25,33H,10-11,18H2,1-5H3,(H,36,39)/t22-,33+/m0/s1. The number of carbonyl (C=O) groups excluding carboxylic acids is 2. The van der Waals surface area contributed by atoms with E-state index in [2.05, 4.69) is 61.8 Å². The molecule has 0 aliphatic heterocycles. The van der Waals surface area contributed by atoms with Gasteiger partial charge < -0.3 is 14.6 Å². The second kappa shape index (κ2) is 11.5. The minimum atomic E-state index is -0.449. The molecule has 208 valence electrons. The zero-order valence-electron chi connectivity index (χ0n) is 23.8. The Labute approximate surface area is 241 Å². The fourth-order valence-corrected chi connectivity index (χ4v) is 5.43. The van der Waals surface area contributed by atoms with E-state index >= 15 is 0 Å². The fraction of sp³-hybridized carbons (Fsp3) is 0.353. The predicted octanol–water partition coefficient (Wildman–Crippen LogP) is 7.93. The molecule has 1 aromatic heterocycles. The van der Waals surface area contributed by atoms with Crippen LogP contribution in [0.3, 0.4) is 0 Å². The Balaban J connectivity index is 1.37. The maximum absolute atomic E-state index is 13.3. The van der Waals surface area contributed by atoms with Crippen molar-refractivity contribution in [1.82, 2.24) is 9.88 Å². The SMILES string of the molecule is Cc1c(C)n(Cc2ccc(Cl)c(O[C@H](C=O)C3CC3)c2)c2ccc(C(=O)N[C@@H](C)c3cccc(C(C)C)c3)cc12. The number of aryl methyl sites for hydroxylation is 1. The smallest absolute Gasteiger partial charge is 0.251 e. The number of nitrogens with one attached hydrogen (secondary N) is 1. The molecule has 5 rings (SSSR count). The van der Waals surface area contributed by atoms with Gasteiger partial charge in [0, 0.05) is 34.6 Å². The topological polar surface area (TPSA) is 60.3 Å². The largest absolute Gasteiger partial charge is 0.481 e. The van der Waals surface area contributed by atoms with Gasteiger partial charge in [-0.05, 0) is 92.1 Å². The van der Waals surface area contributed by atoms with Gasteiger partial charge in [-0.2, -0.15) is 0 Å². The number of rotatable bonds is 10. The molecule has 4 aromatic rings. The first-order valence-corrected chi connectivity index (χ1v) is 14.4. The van der Waals surface area contributed by atoms with Crippen molar-refractivity contribution in [2.24, 2.45) is 5.92 Å². The molecule has 1 saturated carbocycles. The van der Waals surface area contributed by atoms with E-state index in [1.165, 1.54) is 5.56 Å². The molecular weight excluding hydrogens is 520 g/mol. The molecule has 6 heteroatoms. The molecule has 0 unspecified atom stereocenters. The summed E-state index contributed by atoms with van der Waals surface area (Å²) in [5.41, 5.74) is 7.36. The molecule has 2 atom stereocenters. The highest BCUT2D eigenvalue weighted by Crippen LogP contribution is 2.36. The molecule has 1 heterocycles. The van der Waals surface area contributed by atoms with Crippen LogP contribution < -0.4 is 10.1 Å². The van der Waals surface area contributed by atoms with E-state index in [1.54, 1.807) is 0 Å². The van der Waals surface area contributed by atoms with E-state index in [0.29, 0.717) is 28.8 Å². The normalized spacial score (nSPS) is 14.8. The van der Waals surface area contributed by atoms with E-state index in [1.807, 2.05) is 43.3 Å². The average Bonchev–Trinajstić information content (AvgIpc) is 3.77.